The van der Waals surface area contributed by atoms with Crippen molar-refractivity contribution in [3.05, 3.63) is 35.4 Å². The van der Waals surface area contributed by atoms with Crippen LogP contribution in [0.25, 0.3) is 0 Å². The quantitative estimate of drug-likeness (QED) is 0.752. The molecule has 16 heavy (non-hydrogen) atoms. The summed E-state index contributed by atoms with van der Waals surface area (Å²) in [5.41, 5.74) is 0.520. The first-order chi connectivity index (χ1) is 7.41. The Morgan fingerprint density at radius 2 is 2.06 bits per heavy atom. The lowest BCUT2D eigenvalue weighted by Crippen LogP contribution is -2.31. The summed E-state index contributed by atoms with van der Waals surface area (Å²) in [6.45, 7) is 1.76. The Morgan fingerprint density at radius 1 is 1.44 bits per heavy atom. The van der Waals surface area contributed by atoms with E-state index in [9.17, 15) is 13.6 Å². The van der Waals surface area contributed by atoms with Gasteiger partial charge in [-0.3, -0.25) is 4.79 Å². The molecule has 0 radical (unpaired) electrons. The minimum atomic E-state index is -0.919. The second-order valence-corrected chi connectivity index (χ2v) is 4.21. The van der Waals surface area contributed by atoms with Crippen LogP contribution < -0.4 is 0 Å². The van der Waals surface area contributed by atoms with Gasteiger partial charge in [-0.05, 0) is 24.6 Å². The van der Waals surface area contributed by atoms with Gasteiger partial charge in [0.2, 0.25) is 5.91 Å². The van der Waals surface area contributed by atoms with E-state index >= 15 is 0 Å². The van der Waals surface area contributed by atoms with E-state index in [0.29, 0.717) is 5.56 Å². The first-order valence-electron chi connectivity index (χ1n) is 4.74. The molecule has 1 amide bonds. The van der Waals surface area contributed by atoms with Gasteiger partial charge in [-0.1, -0.05) is 6.07 Å². The molecule has 0 heterocycles. The van der Waals surface area contributed by atoms with E-state index in [1.807, 2.05) is 0 Å². The molecule has 0 saturated carbocycles. The molecule has 0 saturated heterocycles. The van der Waals surface area contributed by atoms with Crippen LogP contribution in [0.3, 0.4) is 0 Å². The number of hydrogen-bond donors (Lipinski definition) is 0. The molecular formula is C11H12ClF2NO. The molecule has 0 N–H and O–H groups in total. The van der Waals surface area contributed by atoms with E-state index in [1.165, 1.54) is 11.0 Å². The maximum absolute atomic E-state index is 12.9. The molecule has 0 bridgehead atoms. The van der Waals surface area contributed by atoms with E-state index < -0.39 is 17.0 Å². The van der Waals surface area contributed by atoms with Crippen molar-refractivity contribution < 1.29 is 13.6 Å². The molecule has 1 aromatic carbocycles. The Balaban J connectivity index is 2.73. The van der Waals surface area contributed by atoms with Crippen molar-refractivity contribution in [1.82, 2.24) is 4.90 Å². The first kappa shape index (κ1) is 12.9. The Hall–Kier alpha value is -1.16. The van der Waals surface area contributed by atoms with E-state index in [2.05, 4.69) is 0 Å². The fourth-order valence-electron chi connectivity index (χ4n) is 1.29. The van der Waals surface area contributed by atoms with Crippen LogP contribution in [0, 0.1) is 11.6 Å². The lowest BCUT2D eigenvalue weighted by molar-refractivity contribution is -0.129. The zero-order chi connectivity index (χ0) is 12.3. The molecule has 0 fully saturated rings. The van der Waals surface area contributed by atoms with Gasteiger partial charge < -0.3 is 4.90 Å². The molecule has 88 valence electrons. The molecular weight excluding hydrogens is 236 g/mol. The number of benzene rings is 1. The highest BCUT2D eigenvalue weighted by atomic mass is 35.5. The summed E-state index contributed by atoms with van der Waals surface area (Å²) in [5, 5.41) is -0.629. The third kappa shape index (κ3) is 3.17. The van der Waals surface area contributed by atoms with E-state index in [1.54, 1.807) is 14.0 Å². The number of alkyl halides is 1. The summed E-state index contributed by atoms with van der Waals surface area (Å²) in [4.78, 5) is 12.8. The van der Waals surface area contributed by atoms with Gasteiger partial charge in [0.1, 0.15) is 5.38 Å². The van der Waals surface area contributed by atoms with Gasteiger partial charge in [0.15, 0.2) is 11.6 Å². The van der Waals surface area contributed by atoms with Crippen LogP contribution in [-0.4, -0.2) is 23.2 Å². The summed E-state index contributed by atoms with van der Waals surface area (Å²) in [6, 6.07) is 3.53. The number of amides is 1. The number of nitrogens with zero attached hydrogens (tertiary/aromatic N) is 1. The SMILES string of the molecule is CC(Cl)C(=O)N(C)Cc1ccc(F)c(F)c1. The number of halogens is 3. The van der Waals surface area contributed by atoms with Gasteiger partial charge in [-0.15, -0.1) is 11.6 Å². The third-order valence-corrected chi connectivity index (χ3v) is 2.31. The highest BCUT2D eigenvalue weighted by molar-refractivity contribution is 6.30. The minimum absolute atomic E-state index is 0.201. The molecule has 0 aliphatic heterocycles. The molecule has 5 heteroatoms. The number of carbonyl (C=O) groups is 1. The standard InChI is InChI=1S/C11H12ClF2NO/c1-7(12)11(16)15(2)6-8-3-4-9(13)10(14)5-8/h3-5,7H,6H2,1-2H3. The summed E-state index contributed by atoms with van der Waals surface area (Å²) >= 11 is 5.62. The Kier molecular flexibility index (Phi) is 4.24. The number of hydrogen-bond acceptors (Lipinski definition) is 1. The summed E-state index contributed by atoms with van der Waals surface area (Å²) < 4.78 is 25.5. The maximum atomic E-state index is 12.9. The maximum Gasteiger partial charge on any atom is 0.240 e. The zero-order valence-electron chi connectivity index (χ0n) is 9.01. The Morgan fingerprint density at radius 3 is 2.56 bits per heavy atom. The molecule has 2 nitrogen and oxygen atoms in total. The van der Waals surface area contributed by atoms with Crippen molar-refractivity contribution in [1.29, 1.82) is 0 Å². The zero-order valence-corrected chi connectivity index (χ0v) is 9.76. The number of carbonyl (C=O) groups excluding carboxylic acids is 1. The van der Waals surface area contributed by atoms with E-state index in [-0.39, 0.29) is 12.5 Å². The van der Waals surface area contributed by atoms with Gasteiger partial charge in [0.05, 0.1) is 0 Å². The fourth-order valence-corrected chi connectivity index (χ4v) is 1.46. The van der Waals surface area contributed by atoms with Gasteiger partial charge in [0, 0.05) is 13.6 Å². The average molecular weight is 248 g/mol. The van der Waals surface area contributed by atoms with Crippen LogP contribution in [0.2, 0.25) is 0 Å². The van der Waals surface area contributed by atoms with Gasteiger partial charge in [-0.2, -0.15) is 0 Å². The lowest BCUT2D eigenvalue weighted by atomic mass is 10.2. The molecule has 1 atom stereocenters. The van der Waals surface area contributed by atoms with Crippen molar-refractivity contribution in [2.24, 2.45) is 0 Å². The molecule has 1 aromatic rings. The van der Waals surface area contributed by atoms with Crippen molar-refractivity contribution in [3.8, 4) is 0 Å². The average Bonchev–Trinajstić information content (AvgIpc) is 2.22. The van der Waals surface area contributed by atoms with Crippen molar-refractivity contribution >= 4 is 17.5 Å². The minimum Gasteiger partial charge on any atom is -0.340 e. The molecule has 0 aromatic heterocycles. The third-order valence-electron chi connectivity index (χ3n) is 2.12. The van der Waals surface area contributed by atoms with E-state index in [0.717, 1.165) is 12.1 Å². The van der Waals surface area contributed by atoms with Crippen LogP contribution in [0.1, 0.15) is 12.5 Å². The van der Waals surface area contributed by atoms with Crippen molar-refractivity contribution in [2.75, 3.05) is 7.05 Å². The normalized spacial score (nSPS) is 12.3. The second kappa shape index (κ2) is 5.25. The predicted octanol–water partition coefficient (Wildman–Crippen LogP) is 2.55. The Labute approximate surface area is 97.8 Å². The van der Waals surface area contributed by atoms with Gasteiger partial charge in [-0.25, -0.2) is 8.78 Å². The highest BCUT2D eigenvalue weighted by Gasteiger charge is 2.15. The van der Waals surface area contributed by atoms with Crippen LogP contribution in [-0.2, 0) is 11.3 Å². The molecule has 1 rings (SSSR count). The monoisotopic (exact) mass is 247 g/mol. The lowest BCUT2D eigenvalue weighted by Gasteiger charge is -2.18. The molecule has 0 aliphatic rings. The summed E-state index contributed by atoms with van der Waals surface area (Å²) in [5.74, 6) is -2.08. The van der Waals surface area contributed by atoms with Crippen molar-refractivity contribution in [3.63, 3.8) is 0 Å². The topological polar surface area (TPSA) is 20.3 Å². The number of rotatable bonds is 3. The Bertz CT molecular complexity index is 396. The first-order valence-corrected chi connectivity index (χ1v) is 5.18. The largest absolute Gasteiger partial charge is 0.340 e. The predicted molar refractivity (Wildman–Crippen MR) is 58.1 cm³/mol. The molecule has 0 spiro atoms. The van der Waals surface area contributed by atoms with Crippen molar-refractivity contribution in [2.45, 2.75) is 18.8 Å². The summed E-state index contributed by atoms with van der Waals surface area (Å²) in [7, 11) is 1.56. The molecule has 1 unspecified atom stereocenters. The van der Waals surface area contributed by atoms with Crippen LogP contribution >= 0.6 is 11.6 Å². The smallest absolute Gasteiger partial charge is 0.240 e. The van der Waals surface area contributed by atoms with Crippen LogP contribution in [0.5, 0.6) is 0 Å². The van der Waals surface area contributed by atoms with Gasteiger partial charge >= 0.3 is 0 Å². The second-order valence-electron chi connectivity index (χ2n) is 3.56. The van der Waals surface area contributed by atoms with E-state index in [4.69, 9.17) is 11.6 Å². The van der Waals surface area contributed by atoms with Crippen LogP contribution in [0.4, 0.5) is 8.78 Å². The fraction of sp³-hybridized carbons (Fsp3) is 0.364. The highest BCUT2D eigenvalue weighted by Crippen LogP contribution is 2.11. The molecule has 0 aliphatic carbocycles. The summed E-state index contributed by atoms with van der Waals surface area (Å²) in [6.07, 6.45) is 0. The van der Waals surface area contributed by atoms with Gasteiger partial charge in [0.25, 0.3) is 0 Å². The van der Waals surface area contributed by atoms with Crippen LogP contribution in [0.15, 0.2) is 18.2 Å².